The molecule has 0 bridgehead atoms. The molecule has 1 N–H and O–H groups in total. The molecule has 0 saturated carbocycles. The lowest BCUT2D eigenvalue weighted by Crippen LogP contribution is -2.08. The van der Waals surface area contributed by atoms with Gasteiger partial charge in [0.25, 0.3) is 0 Å². The fourth-order valence-electron chi connectivity index (χ4n) is 2.29. The fourth-order valence-corrected chi connectivity index (χ4v) is 2.29. The molecule has 4 heteroatoms. The Morgan fingerprint density at radius 1 is 1.14 bits per heavy atom. The minimum absolute atomic E-state index is 0.0518. The summed E-state index contributed by atoms with van der Waals surface area (Å²) < 4.78 is 10.4. The third-order valence-electron chi connectivity index (χ3n) is 3.40. The first-order valence-electron chi connectivity index (χ1n) is 6.55. The summed E-state index contributed by atoms with van der Waals surface area (Å²) in [5, 5.41) is 10.9. The SMILES string of the molecule is COc1ccc2oc(=O)c(Cc3ccccc3)c(O)c2c1. The van der Waals surface area contributed by atoms with Crippen LogP contribution in [0.1, 0.15) is 11.1 Å². The second-order valence-electron chi connectivity index (χ2n) is 4.74. The maximum atomic E-state index is 12.1. The predicted octanol–water partition coefficient (Wildman–Crippen LogP) is 3.10. The Hall–Kier alpha value is -2.75. The number of fused-ring (bicyclic) bond motifs is 1. The second kappa shape index (κ2) is 5.32. The molecule has 4 nitrogen and oxygen atoms in total. The Bertz CT molecular complexity index is 835. The highest BCUT2D eigenvalue weighted by molar-refractivity contribution is 5.85. The van der Waals surface area contributed by atoms with Crippen molar-refractivity contribution in [1.29, 1.82) is 0 Å². The molecular weight excluding hydrogens is 268 g/mol. The molecular formula is C17H14O4. The van der Waals surface area contributed by atoms with Crippen molar-refractivity contribution in [3.8, 4) is 11.5 Å². The van der Waals surface area contributed by atoms with E-state index in [4.69, 9.17) is 9.15 Å². The first-order chi connectivity index (χ1) is 10.2. The zero-order valence-electron chi connectivity index (χ0n) is 11.5. The van der Waals surface area contributed by atoms with Crippen LogP contribution in [-0.2, 0) is 6.42 Å². The molecule has 0 atom stereocenters. The Labute approximate surface area is 121 Å². The van der Waals surface area contributed by atoms with E-state index in [9.17, 15) is 9.90 Å². The standard InChI is InChI=1S/C17H14O4/c1-20-12-7-8-15-13(10-12)16(18)14(17(19)21-15)9-11-5-3-2-4-6-11/h2-8,10,18H,9H2,1H3. The van der Waals surface area contributed by atoms with Gasteiger partial charge in [0.15, 0.2) is 0 Å². The van der Waals surface area contributed by atoms with Crippen LogP contribution in [0.3, 0.4) is 0 Å². The normalized spacial score (nSPS) is 10.7. The lowest BCUT2D eigenvalue weighted by molar-refractivity contribution is 0.414. The third-order valence-corrected chi connectivity index (χ3v) is 3.40. The number of ether oxygens (including phenoxy) is 1. The van der Waals surface area contributed by atoms with E-state index in [0.717, 1.165) is 5.56 Å². The molecule has 0 spiro atoms. The first-order valence-corrected chi connectivity index (χ1v) is 6.55. The monoisotopic (exact) mass is 282 g/mol. The second-order valence-corrected chi connectivity index (χ2v) is 4.74. The molecule has 106 valence electrons. The van der Waals surface area contributed by atoms with Crippen LogP contribution in [0, 0.1) is 0 Å². The molecule has 0 aliphatic heterocycles. The molecule has 2 aromatic carbocycles. The highest BCUT2D eigenvalue weighted by atomic mass is 16.5. The number of hydrogen-bond acceptors (Lipinski definition) is 4. The van der Waals surface area contributed by atoms with Crippen molar-refractivity contribution in [2.24, 2.45) is 0 Å². The van der Waals surface area contributed by atoms with Crippen LogP contribution in [0.4, 0.5) is 0 Å². The number of benzene rings is 2. The van der Waals surface area contributed by atoms with Gasteiger partial charge in [0, 0.05) is 6.42 Å². The number of aromatic hydroxyl groups is 1. The van der Waals surface area contributed by atoms with Crippen molar-refractivity contribution in [3.05, 3.63) is 70.1 Å². The summed E-state index contributed by atoms with van der Waals surface area (Å²) in [5.41, 5.74) is 1.01. The van der Waals surface area contributed by atoms with E-state index >= 15 is 0 Å². The van der Waals surface area contributed by atoms with E-state index in [-0.39, 0.29) is 11.3 Å². The van der Waals surface area contributed by atoms with Crippen LogP contribution >= 0.6 is 0 Å². The van der Waals surface area contributed by atoms with E-state index in [1.54, 1.807) is 25.3 Å². The first kappa shape index (κ1) is 13.2. The summed E-state index contributed by atoms with van der Waals surface area (Å²) in [6, 6.07) is 14.4. The lowest BCUT2D eigenvalue weighted by atomic mass is 10.0. The Morgan fingerprint density at radius 3 is 2.62 bits per heavy atom. The fraction of sp³-hybridized carbons (Fsp3) is 0.118. The van der Waals surface area contributed by atoms with Crippen LogP contribution in [-0.4, -0.2) is 12.2 Å². The molecule has 1 aromatic heterocycles. The number of hydrogen-bond donors (Lipinski definition) is 1. The van der Waals surface area contributed by atoms with Crippen LogP contribution in [0.15, 0.2) is 57.7 Å². The van der Waals surface area contributed by atoms with Gasteiger partial charge in [-0.25, -0.2) is 4.79 Å². The largest absolute Gasteiger partial charge is 0.507 e. The van der Waals surface area contributed by atoms with Gasteiger partial charge in [-0.15, -0.1) is 0 Å². The summed E-state index contributed by atoms with van der Waals surface area (Å²) in [6.45, 7) is 0. The van der Waals surface area contributed by atoms with Gasteiger partial charge in [0.05, 0.1) is 18.1 Å². The minimum atomic E-state index is -0.519. The van der Waals surface area contributed by atoms with Crippen molar-refractivity contribution in [2.45, 2.75) is 6.42 Å². The minimum Gasteiger partial charge on any atom is -0.507 e. The van der Waals surface area contributed by atoms with Crippen molar-refractivity contribution < 1.29 is 14.3 Å². The molecule has 1 heterocycles. The summed E-state index contributed by atoms with van der Waals surface area (Å²) in [4.78, 5) is 12.1. The van der Waals surface area contributed by atoms with E-state index in [1.165, 1.54) is 0 Å². The van der Waals surface area contributed by atoms with Crippen LogP contribution < -0.4 is 10.4 Å². The van der Waals surface area contributed by atoms with Gasteiger partial charge < -0.3 is 14.3 Å². The molecule has 0 radical (unpaired) electrons. The predicted molar refractivity (Wildman–Crippen MR) is 79.9 cm³/mol. The van der Waals surface area contributed by atoms with Gasteiger partial charge in [0.1, 0.15) is 17.1 Å². The molecule has 3 rings (SSSR count). The molecule has 0 amide bonds. The van der Waals surface area contributed by atoms with Crippen LogP contribution in [0.25, 0.3) is 11.0 Å². The van der Waals surface area contributed by atoms with E-state index in [2.05, 4.69) is 0 Å². The van der Waals surface area contributed by atoms with Crippen LogP contribution in [0.5, 0.6) is 11.5 Å². The number of methoxy groups -OCH3 is 1. The van der Waals surface area contributed by atoms with Gasteiger partial charge in [-0.1, -0.05) is 30.3 Å². The third kappa shape index (κ3) is 2.48. The zero-order valence-corrected chi connectivity index (χ0v) is 11.5. The summed E-state index contributed by atoms with van der Waals surface area (Å²) in [6.07, 6.45) is 0.322. The molecule has 21 heavy (non-hydrogen) atoms. The molecule has 0 saturated heterocycles. The topological polar surface area (TPSA) is 59.7 Å². The maximum Gasteiger partial charge on any atom is 0.343 e. The van der Waals surface area contributed by atoms with Gasteiger partial charge in [-0.3, -0.25) is 0 Å². The molecule has 0 unspecified atom stereocenters. The maximum absolute atomic E-state index is 12.1. The average Bonchev–Trinajstić information content (AvgIpc) is 2.52. The van der Waals surface area contributed by atoms with E-state index < -0.39 is 5.63 Å². The van der Waals surface area contributed by atoms with E-state index in [1.807, 2.05) is 30.3 Å². The van der Waals surface area contributed by atoms with Crippen LogP contribution in [0.2, 0.25) is 0 Å². The van der Waals surface area contributed by atoms with Crippen molar-refractivity contribution in [1.82, 2.24) is 0 Å². The zero-order chi connectivity index (χ0) is 14.8. The van der Waals surface area contributed by atoms with Gasteiger partial charge >= 0.3 is 5.63 Å². The van der Waals surface area contributed by atoms with Gasteiger partial charge in [-0.2, -0.15) is 0 Å². The Morgan fingerprint density at radius 2 is 1.90 bits per heavy atom. The van der Waals surface area contributed by atoms with E-state index in [0.29, 0.717) is 23.1 Å². The number of rotatable bonds is 3. The van der Waals surface area contributed by atoms with Crippen molar-refractivity contribution in [3.63, 3.8) is 0 Å². The summed E-state index contributed by atoms with van der Waals surface area (Å²) >= 11 is 0. The van der Waals surface area contributed by atoms with Crippen molar-refractivity contribution in [2.75, 3.05) is 7.11 Å². The highest BCUT2D eigenvalue weighted by Crippen LogP contribution is 2.30. The Kier molecular flexibility index (Phi) is 3.36. The quantitative estimate of drug-likeness (QED) is 0.750. The molecule has 0 fully saturated rings. The average molecular weight is 282 g/mol. The van der Waals surface area contributed by atoms with Gasteiger partial charge in [-0.05, 0) is 23.8 Å². The van der Waals surface area contributed by atoms with Crippen molar-refractivity contribution >= 4 is 11.0 Å². The molecule has 3 aromatic rings. The lowest BCUT2D eigenvalue weighted by Gasteiger charge is -2.08. The highest BCUT2D eigenvalue weighted by Gasteiger charge is 2.15. The summed E-state index contributed by atoms with van der Waals surface area (Å²) in [5.74, 6) is 0.543. The molecule has 0 aliphatic rings. The smallest absolute Gasteiger partial charge is 0.343 e. The van der Waals surface area contributed by atoms with Gasteiger partial charge in [0.2, 0.25) is 0 Å². The Balaban J connectivity index is 2.16. The molecule has 0 aliphatic carbocycles. The summed E-state index contributed by atoms with van der Waals surface area (Å²) in [7, 11) is 1.54.